The van der Waals surface area contributed by atoms with Gasteiger partial charge in [0.15, 0.2) is 0 Å². The summed E-state index contributed by atoms with van der Waals surface area (Å²) in [4.78, 5) is 1.28. The molecule has 0 unspecified atom stereocenters. The number of nitrogens with one attached hydrogen (secondary N) is 1. The fourth-order valence-electron chi connectivity index (χ4n) is 1.60. The van der Waals surface area contributed by atoms with Crippen molar-refractivity contribution in [3.63, 3.8) is 0 Å². The number of rotatable bonds is 4. The molecule has 1 N–H and O–H groups in total. The van der Waals surface area contributed by atoms with Gasteiger partial charge < -0.3 is 10.1 Å². The van der Waals surface area contributed by atoms with Crippen LogP contribution in [0.1, 0.15) is 5.56 Å². The Labute approximate surface area is 99.9 Å². The maximum Gasteiger partial charge on any atom is 0.119 e. The van der Waals surface area contributed by atoms with Gasteiger partial charge in [0, 0.05) is 11.4 Å². The molecule has 0 aliphatic heterocycles. The molecule has 3 heteroatoms. The van der Waals surface area contributed by atoms with Gasteiger partial charge in [0.05, 0.1) is 7.11 Å². The fraction of sp³-hybridized carbons (Fsp3) is 0.231. The minimum atomic E-state index is 0.904. The lowest BCUT2D eigenvalue weighted by atomic mass is 10.1. The van der Waals surface area contributed by atoms with Crippen LogP contribution in [-0.2, 0) is 6.54 Å². The summed E-state index contributed by atoms with van der Waals surface area (Å²) in [7, 11) is 3.66. The summed E-state index contributed by atoms with van der Waals surface area (Å²) in [5, 5.41) is 5.34. The van der Waals surface area contributed by atoms with Gasteiger partial charge in [0.2, 0.25) is 0 Å². The van der Waals surface area contributed by atoms with Crippen LogP contribution >= 0.6 is 11.3 Å². The van der Waals surface area contributed by atoms with Gasteiger partial charge in [-0.3, -0.25) is 0 Å². The van der Waals surface area contributed by atoms with E-state index in [1.807, 2.05) is 19.2 Å². The predicted octanol–water partition coefficient (Wildman–Crippen LogP) is 3.14. The van der Waals surface area contributed by atoms with E-state index in [1.54, 1.807) is 18.4 Å². The van der Waals surface area contributed by atoms with Crippen molar-refractivity contribution in [3.05, 3.63) is 41.3 Å². The third-order valence-corrected chi connectivity index (χ3v) is 3.42. The summed E-state index contributed by atoms with van der Waals surface area (Å²) in [5.74, 6) is 0.904. The van der Waals surface area contributed by atoms with E-state index in [4.69, 9.17) is 4.74 Å². The molecule has 0 fully saturated rings. The molecule has 0 saturated carbocycles. The number of benzene rings is 1. The van der Waals surface area contributed by atoms with E-state index in [-0.39, 0.29) is 0 Å². The summed E-state index contributed by atoms with van der Waals surface area (Å²) >= 11 is 1.77. The van der Waals surface area contributed by atoms with Crippen molar-refractivity contribution in [1.82, 2.24) is 5.32 Å². The number of hydrogen-bond donors (Lipinski definition) is 1. The second-order valence-corrected chi connectivity index (χ2v) is 4.49. The quantitative estimate of drug-likeness (QED) is 0.876. The molecule has 2 nitrogen and oxygen atoms in total. The summed E-state index contributed by atoms with van der Waals surface area (Å²) < 4.78 is 5.22. The molecular weight excluding hydrogens is 218 g/mol. The molecule has 1 aromatic carbocycles. The first-order valence-corrected chi connectivity index (χ1v) is 6.08. The highest BCUT2D eigenvalue weighted by Crippen LogP contribution is 2.29. The zero-order valence-corrected chi connectivity index (χ0v) is 10.3. The first kappa shape index (κ1) is 11.2. The van der Waals surface area contributed by atoms with Crippen molar-refractivity contribution in [3.8, 4) is 16.2 Å². The van der Waals surface area contributed by atoms with Gasteiger partial charge in [0.1, 0.15) is 5.75 Å². The van der Waals surface area contributed by atoms with Crippen LogP contribution in [0, 0.1) is 0 Å². The Morgan fingerprint density at radius 3 is 2.94 bits per heavy atom. The molecule has 84 valence electrons. The van der Waals surface area contributed by atoms with E-state index >= 15 is 0 Å². The number of methoxy groups -OCH3 is 1. The van der Waals surface area contributed by atoms with Gasteiger partial charge in [0.25, 0.3) is 0 Å². The van der Waals surface area contributed by atoms with Crippen molar-refractivity contribution in [2.24, 2.45) is 0 Å². The van der Waals surface area contributed by atoms with E-state index in [0.717, 1.165) is 12.3 Å². The average molecular weight is 233 g/mol. The van der Waals surface area contributed by atoms with Crippen molar-refractivity contribution in [1.29, 1.82) is 0 Å². The third kappa shape index (κ3) is 2.43. The van der Waals surface area contributed by atoms with Crippen LogP contribution in [0.2, 0.25) is 0 Å². The molecule has 16 heavy (non-hydrogen) atoms. The number of thiophene rings is 1. The SMILES string of the molecule is CNCc1csc(-c2cccc(OC)c2)c1. The molecule has 0 spiro atoms. The topological polar surface area (TPSA) is 21.3 Å². The number of ether oxygens (including phenoxy) is 1. The van der Waals surface area contributed by atoms with E-state index in [9.17, 15) is 0 Å². The van der Waals surface area contributed by atoms with Crippen LogP contribution < -0.4 is 10.1 Å². The normalized spacial score (nSPS) is 10.4. The van der Waals surface area contributed by atoms with Crippen molar-refractivity contribution in [2.75, 3.05) is 14.2 Å². The van der Waals surface area contributed by atoms with Crippen LogP contribution in [0.3, 0.4) is 0 Å². The van der Waals surface area contributed by atoms with Crippen molar-refractivity contribution in [2.45, 2.75) is 6.54 Å². The lowest BCUT2D eigenvalue weighted by Crippen LogP contribution is -2.03. The summed E-state index contributed by atoms with van der Waals surface area (Å²) in [6.07, 6.45) is 0. The highest BCUT2D eigenvalue weighted by atomic mass is 32.1. The summed E-state index contributed by atoms with van der Waals surface area (Å²) in [6.45, 7) is 0.917. The molecular formula is C13H15NOS. The molecule has 1 aromatic heterocycles. The molecule has 1 heterocycles. The van der Waals surface area contributed by atoms with E-state index in [0.29, 0.717) is 0 Å². The minimum absolute atomic E-state index is 0.904. The predicted molar refractivity (Wildman–Crippen MR) is 69.1 cm³/mol. The number of hydrogen-bond acceptors (Lipinski definition) is 3. The smallest absolute Gasteiger partial charge is 0.119 e. The molecule has 0 bridgehead atoms. The maximum atomic E-state index is 5.22. The molecule has 0 radical (unpaired) electrons. The molecule has 0 amide bonds. The Bertz CT molecular complexity index is 464. The Hall–Kier alpha value is -1.32. The van der Waals surface area contributed by atoms with Crippen molar-refractivity contribution < 1.29 is 4.74 Å². The van der Waals surface area contributed by atoms with Gasteiger partial charge in [-0.05, 0) is 41.8 Å². The molecule has 2 aromatic rings. The molecule has 0 saturated heterocycles. The van der Waals surface area contributed by atoms with Gasteiger partial charge in [-0.25, -0.2) is 0 Å². The van der Waals surface area contributed by atoms with Crippen LogP contribution in [0.4, 0.5) is 0 Å². The third-order valence-electron chi connectivity index (χ3n) is 2.39. The molecule has 0 atom stereocenters. The zero-order valence-electron chi connectivity index (χ0n) is 9.49. The lowest BCUT2D eigenvalue weighted by Gasteiger charge is -2.01. The van der Waals surface area contributed by atoms with Crippen LogP contribution in [-0.4, -0.2) is 14.2 Å². The van der Waals surface area contributed by atoms with E-state index in [2.05, 4.69) is 28.9 Å². The summed E-state index contributed by atoms with van der Waals surface area (Å²) in [6, 6.07) is 10.4. The second kappa shape index (κ2) is 5.14. The van der Waals surface area contributed by atoms with Crippen LogP contribution in [0.5, 0.6) is 5.75 Å². The average Bonchev–Trinajstić information content (AvgIpc) is 2.78. The molecule has 0 aliphatic carbocycles. The standard InChI is InChI=1S/C13H15NOS/c1-14-8-10-6-13(16-9-10)11-4-3-5-12(7-11)15-2/h3-7,9,14H,8H2,1-2H3. The monoisotopic (exact) mass is 233 g/mol. The zero-order chi connectivity index (χ0) is 11.4. The first-order valence-electron chi connectivity index (χ1n) is 5.20. The van der Waals surface area contributed by atoms with Gasteiger partial charge >= 0.3 is 0 Å². The molecule has 2 rings (SSSR count). The fourth-order valence-corrected chi connectivity index (χ4v) is 2.51. The van der Waals surface area contributed by atoms with E-state index in [1.165, 1.54) is 16.0 Å². The second-order valence-electron chi connectivity index (χ2n) is 3.58. The van der Waals surface area contributed by atoms with Crippen molar-refractivity contribution >= 4 is 11.3 Å². The Morgan fingerprint density at radius 1 is 1.31 bits per heavy atom. The highest BCUT2D eigenvalue weighted by Gasteiger charge is 2.03. The lowest BCUT2D eigenvalue weighted by molar-refractivity contribution is 0.415. The van der Waals surface area contributed by atoms with Gasteiger partial charge in [-0.15, -0.1) is 11.3 Å². The van der Waals surface area contributed by atoms with Crippen LogP contribution in [0.25, 0.3) is 10.4 Å². The maximum absolute atomic E-state index is 5.22. The first-order chi connectivity index (χ1) is 7.83. The van der Waals surface area contributed by atoms with Gasteiger partial charge in [-0.1, -0.05) is 12.1 Å². The Kier molecular flexibility index (Phi) is 3.59. The van der Waals surface area contributed by atoms with E-state index < -0.39 is 0 Å². The highest BCUT2D eigenvalue weighted by molar-refractivity contribution is 7.13. The van der Waals surface area contributed by atoms with Crippen LogP contribution in [0.15, 0.2) is 35.7 Å². The Morgan fingerprint density at radius 2 is 2.19 bits per heavy atom. The largest absolute Gasteiger partial charge is 0.497 e. The molecule has 0 aliphatic rings. The minimum Gasteiger partial charge on any atom is -0.497 e. The van der Waals surface area contributed by atoms with Gasteiger partial charge in [-0.2, -0.15) is 0 Å². The Balaban J connectivity index is 2.27. The summed E-state index contributed by atoms with van der Waals surface area (Å²) in [5.41, 5.74) is 2.54.